The van der Waals surface area contributed by atoms with Crippen molar-refractivity contribution in [2.45, 2.75) is 32.5 Å². The van der Waals surface area contributed by atoms with Gasteiger partial charge in [-0.3, -0.25) is 19.4 Å². The topological polar surface area (TPSA) is 101 Å². The lowest BCUT2D eigenvalue weighted by Crippen LogP contribution is -2.46. The summed E-state index contributed by atoms with van der Waals surface area (Å²) in [4.78, 5) is 21.7. The molecule has 0 aliphatic carbocycles. The van der Waals surface area contributed by atoms with E-state index in [1.807, 2.05) is 18.2 Å². The number of sulfonamides is 1. The average Bonchev–Trinajstić information content (AvgIpc) is 2.79. The van der Waals surface area contributed by atoms with Gasteiger partial charge in [0.25, 0.3) is 5.91 Å². The van der Waals surface area contributed by atoms with Crippen molar-refractivity contribution in [3.8, 4) is 5.75 Å². The summed E-state index contributed by atoms with van der Waals surface area (Å²) in [7, 11) is -0.123. The minimum atomic E-state index is -3.49. The van der Waals surface area contributed by atoms with E-state index in [-0.39, 0.29) is 24.0 Å². The van der Waals surface area contributed by atoms with Gasteiger partial charge in [-0.2, -0.15) is 0 Å². The highest BCUT2D eigenvalue weighted by Crippen LogP contribution is 2.27. The van der Waals surface area contributed by atoms with Gasteiger partial charge in [-0.05, 0) is 43.2 Å². The number of hydrogen-bond acceptors (Lipinski definition) is 7. The molecule has 10 heteroatoms. The summed E-state index contributed by atoms with van der Waals surface area (Å²) in [5.74, 6) is 0.270. The van der Waals surface area contributed by atoms with Crippen LogP contribution < -0.4 is 9.46 Å². The van der Waals surface area contributed by atoms with Crippen molar-refractivity contribution in [1.82, 2.24) is 14.8 Å². The maximum Gasteiger partial charge on any atom is 0.257 e. The minimum absolute atomic E-state index is 0.0240. The summed E-state index contributed by atoms with van der Waals surface area (Å²) in [5, 5.41) is 0. The molecule has 3 atom stereocenters. The second kappa shape index (κ2) is 11.2. The molecule has 0 saturated heterocycles. The molecule has 1 amide bonds. The molecule has 1 aliphatic heterocycles. The minimum Gasteiger partial charge on any atom is -0.491 e. The Morgan fingerprint density at radius 3 is 2.62 bits per heavy atom. The Labute approximate surface area is 202 Å². The van der Waals surface area contributed by atoms with Gasteiger partial charge < -0.3 is 14.4 Å². The van der Waals surface area contributed by atoms with Crippen LogP contribution in [0.1, 0.15) is 29.9 Å². The van der Waals surface area contributed by atoms with Gasteiger partial charge in [0.1, 0.15) is 12.4 Å². The summed E-state index contributed by atoms with van der Waals surface area (Å²) >= 11 is 0. The number of aromatic nitrogens is 1. The largest absolute Gasteiger partial charge is 0.491 e. The van der Waals surface area contributed by atoms with Crippen LogP contribution in [-0.4, -0.2) is 81.4 Å². The number of nitrogens with one attached hydrogen (secondary N) is 1. The number of pyridine rings is 1. The maximum atomic E-state index is 13.3. The molecule has 0 spiro atoms. The predicted octanol–water partition coefficient (Wildman–Crippen LogP) is 2.46. The fourth-order valence-electron chi connectivity index (χ4n) is 4.05. The zero-order valence-electron chi connectivity index (χ0n) is 20.4. The molecule has 186 valence electrons. The molecule has 0 bridgehead atoms. The highest BCUT2D eigenvalue weighted by molar-refractivity contribution is 7.92. The van der Waals surface area contributed by atoms with Crippen molar-refractivity contribution in [2.75, 3.05) is 44.8 Å². The van der Waals surface area contributed by atoms with Gasteiger partial charge in [0.05, 0.1) is 23.6 Å². The molecule has 1 aliphatic rings. The van der Waals surface area contributed by atoms with E-state index in [9.17, 15) is 13.2 Å². The second-order valence-electron chi connectivity index (χ2n) is 8.93. The number of likely N-dealkylation sites (N-methyl/N-ethyl adjacent to an activating group) is 1. The summed E-state index contributed by atoms with van der Waals surface area (Å²) < 4.78 is 37.7. The van der Waals surface area contributed by atoms with Crippen LogP contribution in [0, 0.1) is 5.92 Å². The van der Waals surface area contributed by atoms with E-state index in [4.69, 9.17) is 9.47 Å². The molecule has 0 unspecified atom stereocenters. The Kier molecular flexibility index (Phi) is 8.51. The third-order valence-electron chi connectivity index (χ3n) is 5.97. The number of hydrogen-bond donors (Lipinski definition) is 1. The molecule has 0 fully saturated rings. The van der Waals surface area contributed by atoms with Gasteiger partial charge in [-0.25, -0.2) is 8.42 Å². The van der Waals surface area contributed by atoms with Gasteiger partial charge in [0.2, 0.25) is 10.0 Å². The van der Waals surface area contributed by atoms with Crippen molar-refractivity contribution in [3.05, 3.63) is 53.9 Å². The Hall–Kier alpha value is -2.69. The molecule has 1 N–H and O–H groups in total. The number of fused-ring (bicyclic) bond motifs is 1. The Balaban J connectivity index is 1.96. The molecule has 34 heavy (non-hydrogen) atoms. The van der Waals surface area contributed by atoms with E-state index >= 15 is 0 Å². The van der Waals surface area contributed by atoms with E-state index in [0.717, 1.165) is 18.5 Å². The number of methoxy groups -OCH3 is 1. The number of nitrogens with zero attached hydrogens (tertiary/aromatic N) is 3. The summed E-state index contributed by atoms with van der Waals surface area (Å²) in [5.41, 5.74) is 1.56. The zero-order chi connectivity index (χ0) is 24.9. The third kappa shape index (κ3) is 6.91. The number of rotatable bonds is 5. The van der Waals surface area contributed by atoms with Crippen molar-refractivity contribution < 1.29 is 22.7 Å². The summed E-state index contributed by atoms with van der Waals surface area (Å²) in [6, 6.07) is 10.6. The van der Waals surface area contributed by atoms with E-state index < -0.39 is 10.0 Å². The molecule has 3 rings (SSSR count). The molecule has 0 radical (unpaired) electrons. The number of amides is 1. The van der Waals surface area contributed by atoms with Crippen LogP contribution >= 0.6 is 0 Å². The summed E-state index contributed by atoms with van der Waals surface area (Å²) in [6.07, 6.45) is 2.67. The van der Waals surface area contributed by atoms with E-state index in [1.54, 1.807) is 37.4 Å². The van der Waals surface area contributed by atoms with Gasteiger partial charge in [0, 0.05) is 51.7 Å². The highest BCUT2D eigenvalue weighted by Gasteiger charge is 2.28. The van der Waals surface area contributed by atoms with Crippen molar-refractivity contribution in [1.29, 1.82) is 0 Å². The lowest BCUT2D eigenvalue weighted by molar-refractivity contribution is 0.00901. The van der Waals surface area contributed by atoms with Crippen molar-refractivity contribution >= 4 is 21.6 Å². The molecular weight excluding hydrogens is 456 g/mol. The lowest BCUT2D eigenvalue weighted by atomic mass is 10.0. The molecule has 1 aromatic carbocycles. The van der Waals surface area contributed by atoms with Crippen molar-refractivity contribution in [2.24, 2.45) is 5.92 Å². The van der Waals surface area contributed by atoms with Crippen LogP contribution in [0.2, 0.25) is 0 Å². The van der Waals surface area contributed by atoms with Crippen molar-refractivity contribution in [3.63, 3.8) is 0 Å². The number of anilines is 1. The highest BCUT2D eigenvalue weighted by atomic mass is 32.2. The standard InChI is InChI=1S/C24H34N4O5S/c1-17-13-28(14-20-8-6-7-11-25-20)18(2)16-33-22-10-9-19(26-34(5,30)31)12-21(22)24(29)27(3)15-23(17)32-4/h6-12,17-18,23,26H,13-16H2,1-5H3/t17-,18+,23-/m0/s1. The van der Waals surface area contributed by atoms with Gasteiger partial charge in [-0.1, -0.05) is 13.0 Å². The quantitative estimate of drug-likeness (QED) is 0.687. The maximum absolute atomic E-state index is 13.3. The van der Waals surface area contributed by atoms with Crippen LogP contribution in [-0.2, 0) is 21.3 Å². The SMILES string of the molecule is CO[C@H]1CN(C)C(=O)c2cc(NS(C)(=O)=O)ccc2OC[C@@H](C)N(Cc2ccccn2)C[C@@H]1C. The van der Waals surface area contributed by atoms with E-state index in [0.29, 0.717) is 36.7 Å². The normalized spacial score (nSPS) is 22.8. The first-order valence-electron chi connectivity index (χ1n) is 11.2. The first-order chi connectivity index (χ1) is 16.1. The number of ether oxygens (including phenoxy) is 2. The monoisotopic (exact) mass is 490 g/mol. The first-order valence-corrected chi connectivity index (χ1v) is 13.1. The molecule has 0 saturated carbocycles. The molecule has 1 aromatic heterocycles. The van der Waals surface area contributed by atoms with Crippen LogP contribution in [0.25, 0.3) is 0 Å². The molecule has 2 heterocycles. The number of benzene rings is 1. The smallest absolute Gasteiger partial charge is 0.257 e. The van der Waals surface area contributed by atoms with E-state index in [1.165, 1.54) is 6.07 Å². The van der Waals surface area contributed by atoms with Gasteiger partial charge in [-0.15, -0.1) is 0 Å². The second-order valence-corrected chi connectivity index (χ2v) is 10.7. The van der Waals surface area contributed by atoms with Crippen LogP contribution in [0.5, 0.6) is 5.75 Å². The lowest BCUT2D eigenvalue weighted by Gasteiger charge is -2.35. The first kappa shape index (κ1) is 25.9. The fourth-order valence-corrected chi connectivity index (χ4v) is 4.60. The zero-order valence-corrected chi connectivity index (χ0v) is 21.2. The van der Waals surface area contributed by atoms with Gasteiger partial charge in [0.15, 0.2) is 0 Å². The average molecular weight is 491 g/mol. The Bertz CT molecular complexity index is 1080. The van der Waals surface area contributed by atoms with Crippen LogP contribution in [0.15, 0.2) is 42.6 Å². The molecule has 2 aromatic rings. The third-order valence-corrected chi connectivity index (χ3v) is 6.57. The van der Waals surface area contributed by atoms with E-state index in [2.05, 4.69) is 28.5 Å². The van der Waals surface area contributed by atoms with Crippen LogP contribution in [0.4, 0.5) is 5.69 Å². The number of carbonyl (C=O) groups is 1. The van der Waals surface area contributed by atoms with Crippen LogP contribution in [0.3, 0.4) is 0 Å². The summed E-state index contributed by atoms with van der Waals surface area (Å²) in [6.45, 7) is 6.32. The molecular formula is C24H34N4O5S. The Morgan fingerprint density at radius 2 is 1.97 bits per heavy atom. The molecule has 9 nitrogen and oxygen atoms in total. The fraction of sp³-hybridized carbons (Fsp3) is 0.500. The Morgan fingerprint density at radius 1 is 1.21 bits per heavy atom. The predicted molar refractivity (Wildman–Crippen MR) is 131 cm³/mol. The van der Waals surface area contributed by atoms with Gasteiger partial charge >= 0.3 is 0 Å². The number of carbonyl (C=O) groups excluding carboxylic acids is 1.